The number of benzene rings is 1. The van der Waals surface area contributed by atoms with E-state index < -0.39 is 12.8 Å². The molecule has 1 aliphatic rings. The fourth-order valence-corrected chi connectivity index (χ4v) is 2.92. The van der Waals surface area contributed by atoms with Crippen LogP contribution in [0.5, 0.6) is 0 Å². The minimum absolute atomic E-state index is 0.0637. The molecule has 0 aromatic heterocycles. The van der Waals surface area contributed by atoms with E-state index in [1.165, 1.54) is 11.1 Å². The van der Waals surface area contributed by atoms with Gasteiger partial charge in [-0.1, -0.05) is 38.1 Å². The maximum atomic E-state index is 12.0. The van der Waals surface area contributed by atoms with Crippen molar-refractivity contribution in [2.75, 3.05) is 19.8 Å². The Morgan fingerprint density at radius 1 is 1.29 bits per heavy atom. The van der Waals surface area contributed by atoms with Crippen molar-refractivity contribution in [2.45, 2.75) is 38.9 Å². The van der Waals surface area contributed by atoms with Crippen LogP contribution in [0.1, 0.15) is 37.4 Å². The molecule has 1 N–H and O–H groups in total. The molecule has 2 nitrogen and oxygen atoms in total. The summed E-state index contributed by atoms with van der Waals surface area (Å²) >= 11 is 0. The Morgan fingerprint density at radius 2 is 2.00 bits per heavy atom. The number of fused-ring (bicyclic) bond motifs is 1. The molecule has 0 bridgehead atoms. The SMILES string of the molecule is CC1(C)CCc2ccccc2C1NCCOCC(F)(F)F. The minimum Gasteiger partial charge on any atom is -0.371 e. The lowest BCUT2D eigenvalue weighted by molar-refractivity contribution is -0.173. The highest BCUT2D eigenvalue weighted by Gasteiger charge is 2.35. The van der Waals surface area contributed by atoms with E-state index in [2.05, 4.69) is 36.0 Å². The second kappa shape index (κ2) is 6.36. The van der Waals surface area contributed by atoms with Crippen LogP contribution in [0.25, 0.3) is 0 Å². The van der Waals surface area contributed by atoms with E-state index in [-0.39, 0.29) is 18.1 Å². The Morgan fingerprint density at radius 3 is 2.71 bits per heavy atom. The van der Waals surface area contributed by atoms with Gasteiger partial charge in [-0.05, 0) is 29.4 Å². The van der Waals surface area contributed by atoms with Gasteiger partial charge >= 0.3 is 6.18 Å². The van der Waals surface area contributed by atoms with Crippen molar-refractivity contribution < 1.29 is 17.9 Å². The number of ether oxygens (including phenoxy) is 1. The molecule has 118 valence electrons. The van der Waals surface area contributed by atoms with Gasteiger partial charge in [0.1, 0.15) is 6.61 Å². The highest BCUT2D eigenvalue weighted by Crippen LogP contribution is 2.43. The van der Waals surface area contributed by atoms with Gasteiger partial charge in [-0.25, -0.2) is 0 Å². The van der Waals surface area contributed by atoms with Crippen molar-refractivity contribution in [3.05, 3.63) is 35.4 Å². The molecular formula is C16H22F3NO. The van der Waals surface area contributed by atoms with E-state index in [1.54, 1.807) is 0 Å². The molecule has 0 aliphatic heterocycles. The number of rotatable bonds is 5. The van der Waals surface area contributed by atoms with Crippen LogP contribution in [0, 0.1) is 5.41 Å². The summed E-state index contributed by atoms with van der Waals surface area (Å²) in [4.78, 5) is 0. The summed E-state index contributed by atoms with van der Waals surface area (Å²) < 4.78 is 40.7. The molecule has 1 atom stereocenters. The second-order valence-corrected chi connectivity index (χ2v) is 6.24. The Kier molecular flexibility index (Phi) is 4.94. The molecule has 1 aliphatic carbocycles. The first kappa shape index (κ1) is 16.3. The number of halogens is 3. The van der Waals surface area contributed by atoms with Crippen LogP contribution in [0.2, 0.25) is 0 Å². The molecule has 5 heteroatoms. The van der Waals surface area contributed by atoms with Crippen LogP contribution in [0.4, 0.5) is 13.2 Å². The van der Waals surface area contributed by atoms with Gasteiger partial charge in [-0.2, -0.15) is 13.2 Å². The van der Waals surface area contributed by atoms with Crippen molar-refractivity contribution in [3.63, 3.8) is 0 Å². The third kappa shape index (κ3) is 4.45. The highest BCUT2D eigenvalue weighted by molar-refractivity contribution is 5.34. The summed E-state index contributed by atoms with van der Waals surface area (Å²) in [5.41, 5.74) is 2.66. The van der Waals surface area contributed by atoms with E-state index in [0.29, 0.717) is 6.54 Å². The molecule has 1 aromatic rings. The molecule has 0 spiro atoms. The van der Waals surface area contributed by atoms with Gasteiger partial charge in [-0.3, -0.25) is 0 Å². The molecule has 0 fully saturated rings. The average Bonchev–Trinajstić information content (AvgIpc) is 2.39. The second-order valence-electron chi connectivity index (χ2n) is 6.24. The van der Waals surface area contributed by atoms with Gasteiger partial charge < -0.3 is 10.1 Å². The molecule has 0 radical (unpaired) electrons. The zero-order valence-corrected chi connectivity index (χ0v) is 12.5. The van der Waals surface area contributed by atoms with E-state index in [4.69, 9.17) is 0 Å². The molecule has 0 saturated carbocycles. The molecule has 2 rings (SSSR count). The zero-order chi connectivity index (χ0) is 15.5. The van der Waals surface area contributed by atoms with Gasteiger partial charge in [0.15, 0.2) is 0 Å². The average molecular weight is 301 g/mol. The van der Waals surface area contributed by atoms with Gasteiger partial charge in [0, 0.05) is 12.6 Å². The summed E-state index contributed by atoms with van der Waals surface area (Å²) in [7, 11) is 0. The number of nitrogens with one attached hydrogen (secondary N) is 1. The molecule has 1 aromatic carbocycles. The fourth-order valence-electron chi connectivity index (χ4n) is 2.92. The van der Waals surface area contributed by atoms with E-state index in [9.17, 15) is 13.2 Å². The zero-order valence-electron chi connectivity index (χ0n) is 12.5. The smallest absolute Gasteiger partial charge is 0.371 e. The Labute approximate surface area is 123 Å². The molecule has 1 unspecified atom stereocenters. The Bertz CT molecular complexity index is 471. The van der Waals surface area contributed by atoms with Gasteiger partial charge in [-0.15, -0.1) is 0 Å². The van der Waals surface area contributed by atoms with Crippen LogP contribution >= 0.6 is 0 Å². The fraction of sp³-hybridized carbons (Fsp3) is 0.625. The maximum Gasteiger partial charge on any atom is 0.411 e. The molecule has 0 amide bonds. The number of hydrogen-bond acceptors (Lipinski definition) is 2. The summed E-state index contributed by atoms with van der Waals surface area (Å²) in [6, 6.07) is 8.41. The standard InChI is InChI=1S/C16H22F3NO/c1-15(2)8-7-12-5-3-4-6-13(12)14(15)20-9-10-21-11-16(17,18)19/h3-6,14,20H,7-11H2,1-2H3. The third-order valence-corrected chi connectivity index (χ3v) is 4.05. The van der Waals surface area contributed by atoms with Crippen molar-refractivity contribution in [1.82, 2.24) is 5.32 Å². The Balaban J connectivity index is 1.92. The molecule has 21 heavy (non-hydrogen) atoms. The van der Waals surface area contributed by atoms with E-state index >= 15 is 0 Å². The number of hydrogen-bond donors (Lipinski definition) is 1. The summed E-state index contributed by atoms with van der Waals surface area (Å²) in [5, 5.41) is 3.36. The summed E-state index contributed by atoms with van der Waals surface area (Å²) in [6.07, 6.45) is -2.15. The van der Waals surface area contributed by atoms with E-state index in [0.717, 1.165) is 12.8 Å². The Hall–Kier alpha value is -1.07. The van der Waals surface area contributed by atoms with Crippen LogP contribution in [-0.2, 0) is 11.2 Å². The van der Waals surface area contributed by atoms with Crippen LogP contribution in [0.3, 0.4) is 0 Å². The molecule has 0 heterocycles. The van der Waals surface area contributed by atoms with Crippen molar-refractivity contribution in [2.24, 2.45) is 5.41 Å². The lowest BCUT2D eigenvalue weighted by Gasteiger charge is -2.40. The first-order valence-corrected chi connectivity index (χ1v) is 7.25. The van der Waals surface area contributed by atoms with Crippen LogP contribution in [0.15, 0.2) is 24.3 Å². The monoisotopic (exact) mass is 301 g/mol. The first-order valence-electron chi connectivity index (χ1n) is 7.25. The lowest BCUT2D eigenvalue weighted by atomic mass is 9.70. The quantitative estimate of drug-likeness (QED) is 0.834. The van der Waals surface area contributed by atoms with Gasteiger partial charge in [0.05, 0.1) is 6.61 Å². The summed E-state index contributed by atoms with van der Waals surface area (Å²) in [6.45, 7) is 3.68. The number of alkyl halides is 3. The first-order chi connectivity index (χ1) is 9.80. The maximum absolute atomic E-state index is 12.0. The topological polar surface area (TPSA) is 21.3 Å². The van der Waals surface area contributed by atoms with Crippen LogP contribution in [-0.4, -0.2) is 25.9 Å². The molecular weight excluding hydrogens is 279 g/mol. The number of aryl methyl sites for hydroxylation is 1. The summed E-state index contributed by atoms with van der Waals surface area (Å²) in [5.74, 6) is 0. The predicted octanol–water partition coefficient (Wildman–Crippen LogP) is 3.87. The van der Waals surface area contributed by atoms with Crippen LogP contribution < -0.4 is 5.32 Å². The predicted molar refractivity (Wildman–Crippen MR) is 76.2 cm³/mol. The largest absolute Gasteiger partial charge is 0.411 e. The normalized spacial score (nSPS) is 21.1. The molecule has 0 saturated heterocycles. The van der Waals surface area contributed by atoms with Crippen molar-refractivity contribution in [3.8, 4) is 0 Å². The van der Waals surface area contributed by atoms with E-state index in [1.807, 2.05) is 12.1 Å². The lowest BCUT2D eigenvalue weighted by Crippen LogP contribution is -2.39. The minimum atomic E-state index is -4.25. The third-order valence-electron chi connectivity index (χ3n) is 4.05. The highest BCUT2D eigenvalue weighted by atomic mass is 19.4. The van der Waals surface area contributed by atoms with Gasteiger partial charge in [0.25, 0.3) is 0 Å². The van der Waals surface area contributed by atoms with Crippen molar-refractivity contribution >= 4 is 0 Å². The van der Waals surface area contributed by atoms with Crippen molar-refractivity contribution in [1.29, 1.82) is 0 Å². The van der Waals surface area contributed by atoms with Gasteiger partial charge in [0.2, 0.25) is 0 Å².